The van der Waals surface area contributed by atoms with Crippen LogP contribution >= 0.6 is 0 Å². The van der Waals surface area contributed by atoms with Crippen molar-refractivity contribution in [3.63, 3.8) is 0 Å². The van der Waals surface area contributed by atoms with Crippen LogP contribution in [0.25, 0.3) is 0 Å². The van der Waals surface area contributed by atoms with Crippen molar-refractivity contribution in [2.75, 3.05) is 17.9 Å². The topological polar surface area (TPSA) is 98.6 Å². The molecule has 0 atom stereocenters. The number of benzene rings is 2. The van der Waals surface area contributed by atoms with Gasteiger partial charge >= 0.3 is 0 Å². The second-order valence-corrected chi connectivity index (χ2v) is 4.25. The number of rotatable bonds is 4. The molecule has 0 aromatic heterocycles. The largest absolute Gasteiger partial charge is 0.396 e. The zero-order valence-electron chi connectivity index (χ0n) is 11.4. The minimum absolute atomic E-state index is 0.0936. The molecule has 0 fully saturated rings. The molecule has 0 aliphatic carbocycles. The monoisotopic (exact) mass is 285 g/mol. The first-order valence-corrected chi connectivity index (χ1v) is 6.18. The van der Waals surface area contributed by atoms with Gasteiger partial charge < -0.3 is 11.5 Å². The van der Waals surface area contributed by atoms with Gasteiger partial charge in [0, 0.05) is 5.56 Å². The minimum Gasteiger partial charge on any atom is -0.396 e. The van der Waals surface area contributed by atoms with E-state index in [1.165, 1.54) is 13.2 Å². The van der Waals surface area contributed by atoms with Gasteiger partial charge in [-0.3, -0.25) is 14.4 Å². The van der Waals surface area contributed by atoms with E-state index in [1.54, 1.807) is 42.5 Å². The first kappa shape index (κ1) is 14.5. The van der Waals surface area contributed by atoms with Crippen LogP contribution in [-0.4, -0.2) is 18.9 Å². The van der Waals surface area contributed by atoms with Crippen molar-refractivity contribution in [2.24, 2.45) is 5.73 Å². The van der Waals surface area contributed by atoms with Crippen molar-refractivity contribution in [1.82, 2.24) is 0 Å². The number of hydroxylamine groups is 1. The average molecular weight is 285 g/mol. The summed E-state index contributed by atoms with van der Waals surface area (Å²) in [5.74, 6) is -1.07. The van der Waals surface area contributed by atoms with Crippen molar-refractivity contribution in [3.05, 3.63) is 59.7 Å². The Balaban J connectivity index is 2.45. The molecule has 4 N–H and O–H groups in total. The summed E-state index contributed by atoms with van der Waals surface area (Å²) in [5.41, 5.74) is 12.1. The molecular formula is C15H15N3O3. The highest BCUT2D eigenvalue weighted by Crippen LogP contribution is 2.27. The van der Waals surface area contributed by atoms with Crippen molar-refractivity contribution >= 4 is 23.2 Å². The highest BCUT2D eigenvalue weighted by Gasteiger charge is 2.22. The van der Waals surface area contributed by atoms with Crippen LogP contribution in [0, 0.1) is 0 Å². The van der Waals surface area contributed by atoms with Crippen LogP contribution < -0.4 is 16.5 Å². The lowest BCUT2D eigenvalue weighted by atomic mass is 10.1. The standard InChI is InChI=1S/C15H15N3O3/c1-21-18(15(20)10-6-3-2-4-7-10)12-9-5-8-11(13(12)16)14(17)19/h2-9H,16H2,1H3,(H2,17,19). The van der Waals surface area contributed by atoms with E-state index in [4.69, 9.17) is 16.3 Å². The van der Waals surface area contributed by atoms with E-state index in [0.717, 1.165) is 5.06 Å². The highest BCUT2D eigenvalue weighted by molar-refractivity contribution is 6.08. The third kappa shape index (κ3) is 2.85. The third-order valence-electron chi connectivity index (χ3n) is 2.96. The SMILES string of the molecule is CON(C(=O)c1ccccc1)c1cccc(C(N)=O)c1N. The summed E-state index contributed by atoms with van der Waals surface area (Å²) in [5, 5.41) is 1.02. The van der Waals surface area contributed by atoms with E-state index in [0.29, 0.717) is 5.56 Å². The molecule has 2 rings (SSSR count). The number of carbonyl (C=O) groups excluding carboxylic acids is 2. The number of amides is 2. The molecule has 0 saturated carbocycles. The maximum Gasteiger partial charge on any atom is 0.282 e. The normalized spacial score (nSPS) is 10.1. The number of primary amides is 1. The lowest BCUT2D eigenvalue weighted by molar-refractivity contribution is 0.0773. The van der Waals surface area contributed by atoms with Gasteiger partial charge in [-0.1, -0.05) is 24.3 Å². The molecule has 2 aromatic carbocycles. The van der Waals surface area contributed by atoms with Gasteiger partial charge in [0.2, 0.25) is 0 Å². The summed E-state index contributed by atoms with van der Waals surface area (Å²) in [6.07, 6.45) is 0. The molecule has 21 heavy (non-hydrogen) atoms. The van der Waals surface area contributed by atoms with Crippen LogP contribution in [0.3, 0.4) is 0 Å². The second-order valence-electron chi connectivity index (χ2n) is 4.25. The summed E-state index contributed by atoms with van der Waals surface area (Å²) in [6, 6.07) is 13.2. The number of nitrogens with two attached hydrogens (primary N) is 2. The van der Waals surface area contributed by atoms with Gasteiger partial charge in [0.1, 0.15) is 0 Å². The number of hydrogen-bond donors (Lipinski definition) is 2. The van der Waals surface area contributed by atoms with E-state index < -0.39 is 11.8 Å². The molecule has 0 bridgehead atoms. The van der Waals surface area contributed by atoms with E-state index in [1.807, 2.05) is 0 Å². The molecular weight excluding hydrogens is 270 g/mol. The van der Waals surface area contributed by atoms with Crippen molar-refractivity contribution in [1.29, 1.82) is 0 Å². The lowest BCUT2D eigenvalue weighted by Gasteiger charge is -2.22. The Kier molecular flexibility index (Phi) is 4.20. The number of hydrogen-bond acceptors (Lipinski definition) is 4. The van der Waals surface area contributed by atoms with Crippen molar-refractivity contribution in [3.8, 4) is 0 Å². The molecule has 108 valence electrons. The van der Waals surface area contributed by atoms with Crippen molar-refractivity contribution < 1.29 is 14.4 Å². The van der Waals surface area contributed by atoms with Crippen LogP contribution in [0.4, 0.5) is 11.4 Å². The number of para-hydroxylation sites is 1. The molecule has 0 aliphatic heterocycles. The molecule has 0 heterocycles. The average Bonchev–Trinajstić information content (AvgIpc) is 2.50. The van der Waals surface area contributed by atoms with Gasteiger partial charge in [0.25, 0.3) is 11.8 Å². The van der Waals surface area contributed by atoms with Crippen LogP contribution in [0.2, 0.25) is 0 Å². The van der Waals surface area contributed by atoms with Gasteiger partial charge in [-0.25, -0.2) is 0 Å². The van der Waals surface area contributed by atoms with Crippen LogP contribution in [0.15, 0.2) is 48.5 Å². The van der Waals surface area contributed by atoms with E-state index in [-0.39, 0.29) is 16.9 Å². The summed E-state index contributed by atoms with van der Waals surface area (Å²) in [4.78, 5) is 28.9. The van der Waals surface area contributed by atoms with Crippen molar-refractivity contribution in [2.45, 2.75) is 0 Å². The van der Waals surface area contributed by atoms with Gasteiger partial charge in [0.05, 0.1) is 24.0 Å². The molecule has 6 nitrogen and oxygen atoms in total. The molecule has 0 saturated heterocycles. The first-order chi connectivity index (χ1) is 10.1. The summed E-state index contributed by atoms with van der Waals surface area (Å²) >= 11 is 0. The van der Waals surface area contributed by atoms with Gasteiger partial charge in [-0.15, -0.1) is 0 Å². The number of nitrogen functional groups attached to an aromatic ring is 1. The fraction of sp³-hybridized carbons (Fsp3) is 0.0667. The molecule has 2 aromatic rings. The lowest BCUT2D eigenvalue weighted by Crippen LogP contribution is -2.31. The van der Waals surface area contributed by atoms with Gasteiger partial charge in [0.15, 0.2) is 0 Å². The quantitative estimate of drug-likeness (QED) is 0.658. The van der Waals surface area contributed by atoms with E-state index in [9.17, 15) is 9.59 Å². The zero-order valence-corrected chi connectivity index (χ0v) is 11.4. The summed E-state index contributed by atoms with van der Waals surface area (Å²) in [7, 11) is 1.34. The summed E-state index contributed by atoms with van der Waals surface area (Å²) < 4.78 is 0. The molecule has 0 unspecified atom stereocenters. The Morgan fingerprint density at radius 1 is 1.05 bits per heavy atom. The smallest absolute Gasteiger partial charge is 0.282 e. The highest BCUT2D eigenvalue weighted by atomic mass is 16.7. The fourth-order valence-electron chi connectivity index (χ4n) is 1.93. The molecule has 0 spiro atoms. The maximum absolute atomic E-state index is 12.4. The van der Waals surface area contributed by atoms with Gasteiger partial charge in [-0.05, 0) is 24.3 Å². The number of anilines is 2. The van der Waals surface area contributed by atoms with Crippen LogP contribution in [-0.2, 0) is 4.84 Å². The van der Waals surface area contributed by atoms with Crippen LogP contribution in [0.1, 0.15) is 20.7 Å². The number of nitrogens with zero attached hydrogens (tertiary/aromatic N) is 1. The minimum atomic E-state index is -0.669. The van der Waals surface area contributed by atoms with Crippen LogP contribution in [0.5, 0.6) is 0 Å². The maximum atomic E-state index is 12.4. The van der Waals surface area contributed by atoms with E-state index in [2.05, 4.69) is 0 Å². The van der Waals surface area contributed by atoms with Gasteiger partial charge in [-0.2, -0.15) is 5.06 Å². The first-order valence-electron chi connectivity index (χ1n) is 6.18. The molecule has 0 aliphatic rings. The predicted octanol–water partition coefficient (Wildman–Crippen LogP) is 1.58. The second kappa shape index (κ2) is 6.06. The molecule has 6 heteroatoms. The molecule has 2 amide bonds. The Bertz CT molecular complexity index is 671. The third-order valence-corrected chi connectivity index (χ3v) is 2.96. The predicted molar refractivity (Wildman–Crippen MR) is 79.6 cm³/mol. The zero-order chi connectivity index (χ0) is 15.4. The number of carbonyl (C=O) groups is 2. The Morgan fingerprint density at radius 3 is 2.29 bits per heavy atom. The Hall–Kier alpha value is -2.86. The van der Waals surface area contributed by atoms with E-state index >= 15 is 0 Å². The summed E-state index contributed by atoms with van der Waals surface area (Å²) in [6.45, 7) is 0. The Morgan fingerprint density at radius 2 is 1.71 bits per heavy atom. The Labute approximate surface area is 121 Å². The molecule has 0 radical (unpaired) electrons. The fourth-order valence-corrected chi connectivity index (χ4v) is 1.93.